The van der Waals surface area contributed by atoms with Crippen LogP contribution >= 0.6 is 0 Å². The zero-order valence-electron chi connectivity index (χ0n) is 16.4. The Morgan fingerprint density at radius 2 is 1.96 bits per heavy atom. The number of rotatable bonds is 7. The first-order chi connectivity index (χ1) is 13.4. The van der Waals surface area contributed by atoms with E-state index in [2.05, 4.69) is 17.3 Å². The molecule has 1 aliphatic heterocycles. The van der Waals surface area contributed by atoms with E-state index in [1.807, 2.05) is 49.4 Å². The van der Waals surface area contributed by atoms with Crippen molar-refractivity contribution in [2.45, 2.75) is 13.3 Å². The number of aryl methyl sites for hydroxylation is 1. The number of benzene rings is 2. The molecule has 3 N–H and O–H groups in total. The fourth-order valence-electron chi connectivity index (χ4n) is 3.48. The third kappa shape index (κ3) is 5.10. The van der Waals surface area contributed by atoms with Crippen LogP contribution in [0.5, 0.6) is 5.75 Å². The van der Waals surface area contributed by atoms with Crippen LogP contribution in [-0.2, 0) is 4.79 Å². The molecule has 0 spiro atoms. The summed E-state index contributed by atoms with van der Waals surface area (Å²) in [7, 11) is 2.10. The lowest BCUT2D eigenvalue weighted by atomic mass is 10.0. The number of primary amides is 1. The monoisotopic (exact) mass is 381 g/mol. The maximum atomic E-state index is 12.4. The van der Waals surface area contributed by atoms with Crippen LogP contribution in [0, 0.1) is 12.8 Å². The Morgan fingerprint density at radius 3 is 2.61 bits per heavy atom. The lowest BCUT2D eigenvalue weighted by Crippen LogP contribution is -2.30. The third-order valence-electron chi connectivity index (χ3n) is 5.00. The van der Waals surface area contributed by atoms with Crippen molar-refractivity contribution in [1.29, 1.82) is 0 Å². The first-order valence-electron chi connectivity index (χ1n) is 9.51. The lowest BCUT2D eigenvalue weighted by Gasteiger charge is -2.13. The number of hydrogen-bond donors (Lipinski definition) is 2. The van der Waals surface area contributed by atoms with Gasteiger partial charge in [0, 0.05) is 24.2 Å². The molecule has 2 amide bonds. The van der Waals surface area contributed by atoms with E-state index in [1.54, 1.807) is 0 Å². The largest absolute Gasteiger partial charge is 0.483 e. The predicted octanol–water partition coefficient (Wildman–Crippen LogP) is 2.21. The molecule has 1 heterocycles. The molecule has 2 aromatic carbocycles. The van der Waals surface area contributed by atoms with Crippen molar-refractivity contribution >= 4 is 11.8 Å². The quantitative estimate of drug-likeness (QED) is 0.770. The van der Waals surface area contributed by atoms with E-state index >= 15 is 0 Å². The van der Waals surface area contributed by atoms with E-state index in [0.717, 1.165) is 36.2 Å². The Morgan fingerprint density at radius 1 is 1.21 bits per heavy atom. The van der Waals surface area contributed by atoms with Crippen molar-refractivity contribution in [3.63, 3.8) is 0 Å². The molecule has 2 aromatic rings. The molecule has 148 valence electrons. The maximum absolute atomic E-state index is 12.4. The summed E-state index contributed by atoms with van der Waals surface area (Å²) in [5.74, 6) is 0.528. The molecule has 1 aliphatic rings. The molecule has 0 saturated carbocycles. The fraction of sp³-hybridized carbons (Fsp3) is 0.364. The highest BCUT2D eigenvalue weighted by Gasteiger charge is 2.20. The van der Waals surface area contributed by atoms with Crippen LogP contribution in [0.15, 0.2) is 42.5 Å². The van der Waals surface area contributed by atoms with E-state index in [1.165, 1.54) is 0 Å². The van der Waals surface area contributed by atoms with E-state index in [4.69, 9.17) is 10.5 Å². The van der Waals surface area contributed by atoms with Gasteiger partial charge in [-0.2, -0.15) is 0 Å². The van der Waals surface area contributed by atoms with Crippen LogP contribution in [0.1, 0.15) is 22.3 Å². The van der Waals surface area contributed by atoms with Gasteiger partial charge < -0.3 is 20.7 Å². The summed E-state index contributed by atoms with van der Waals surface area (Å²) in [6, 6.07) is 13.1. The van der Waals surface area contributed by atoms with Crippen LogP contribution < -0.4 is 15.8 Å². The summed E-state index contributed by atoms with van der Waals surface area (Å²) < 4.78 is 5.53. The molecule has 1 fully saturated rings. The number of nitrogens with zero attached hydrogens (tertiary/aromatic N) is 1. The van der Waals surface area contributed by atoms with Crippen molar-refractivity contribution < 1.29 is 14.3 Å². The molecule has 6 nitrogen and oxygen atoms in total. The summed E-state index contributed by atoms with van der Waals surface area (Å²) in [6.45, 7) is 4.64. The third-order valence-corrected chi connectivity index (χ3v) is 5.00. The smallest absolute Gasteiger partial charge is 0.255 e. The number of carbonyl (C=O) groups excluding carboxylic acids is 2. The topological polar surface area (TPSA) is 84.7 Å². The number of nitrogens with one attached hydrogen (secondary N) is 1. The average Bonchev–Trinajstić information content (AvgIpc) is 3.10. The van der Waals surface area contributed by atoms with Crippen LogP contribution in [0.2, 0.25) is 0 Å². The number of carbonyl (C=O) groups is 2. The normalized spacial score (nSPS) is 16.7. The number of amides is 2. The molecule has 28 heavy (non-hydrogen) atoms. The summed E-state index contributed by atoms with van der Waals surface area (Å²) in [5, 5.41) is 3.03. The van der Waals surface area contributed by atoms with Crippen molar-refractivity contribution in [2.24, 2.45) is 11.7 Å². The molecule has 6 heteroatoms. The minimum atomic E-state index is -0.521. The SMILES string of the molecule is Cc1ccc(OCC(N)=O)c(-c2ccc(C(=O)NC[C@@H]3CCN(C)C3)cc2)c1. The number of nitrogens with two attached hydrogens (primary N) is 1. The van der Waals surface area contributed by atoms with Gasteiger partial charge in [-0.1, -0.05) is 23.8 Å². The summed E-state index contributed by atoms with van der Waals surface area (Å²) in [4.78, 5) is 25.7. The van der Waals surface area contributed by atoms with Crippen LogP contribution in [-0.4, -0.2) is 50.0 Å². The standard InChI is InChI=1S/C22H27N3O3/c1-15-3-8-20(28-14-21(23)26)19(11-15)17-4-6-18(7-5-17)22(27)24-12-16-9-10-25(2)13-16/h3-8,11,16H,9-10,12-14H2,1-2H3,(H2,23,26)(H,24,27)/t16-/m0/s1. The number of likely N-dealkylation sites (tertiary alicyclic amines) is 1. The van der Waals surface area contributed by atoms with Crippen molar-refractivity contribution in [2.75, 3.05) is 33.3 Å². The van der Waals surface area contributed by atoms with Gasteiger partial charge in [0.1, 0.15) is 5.75 Å². The molecule has 3 rings (SSSR count). The average molecular weight is 381 g/mol. The molecule has 1 atom stereocenters. The second kappa shape index (κ2) is 8.89. The Hall–Kier alpha value is -2.86. The van der Waals surface area contributed by atoms with E-state index < -0.39 is 5.91 Å². The predicted molar refractivity (Wildman–Crippen MR) is 109 cm³/mol. The highest BCUT2D eigenvalue weighted by Crippen LogP contribution is 2.31. The fourth-order valence-corrected chi connectivity index (χ4v) is 3.48. The highest BCUT2D eigenvalue weighted by atomic mass is 16.5. The number of hydrogen-bond acceptors (Lipinski definition) is 4. The van der Waals surface area contributed by atoms with E-state index in [0.29, 0.717) is 23.8 Å². The molecule has 0 aromatic heterocycles. The molecule has 0 aliphatic carbocycles. The molecule has 0 unspecified atom stereocenters. The van der Waals surface area contributed by atoms with Crippen LogP contribution in [0.25, 0.3) is 11.1 Å². The minimum absolute atomic E-state index is 0.0597. The van der Waals surface area contributed by atoms with Gasteiger partial charge in [-0.05, 0) is 62.7 Å². The summed E-state index contributed by atoms with van der Waals surface area (Å²) in [5.41, 5.74) is 8.66. The van der Waals surface area contributed by atoms with Gasteiger partial charge in [0.2, 0.25) is 0 Å². The van der Waals surface area contributed by atoms with Crippen LogP contribution in [0.3, 0.4) is 0 Å². The summed E-state index contributed by atoms with van der Waals surface area (Å²) in [6.07, 6.45) is 1.12. The Balaban J connectivity index is 1.69. The van der Waals surface area contributed by atoms with Gasteiger partial charge in [-0.25, -0.2) is 0 Å². The number of ether oxygens (including phenoxy) is 1. The van der Waals surface area contributed by atoms with Crippen molar-refractivity contribution in [1.82, 2.24) is 10.2 Å². The van der Waals surface area contributed by atoms with E-state index in [9.17, 15) is 9.59 Å². The van der Waals surface area contributed by atoms with Gasteiger partial charge >= 0.3 is 0 Å². The molecule has 1 saturated heterocycles. The first kappa shape index (κ1) is 19.9. The lowest BCUT2D eigenvalue weighted by molar-refractivity contribution is -0.119. The van der Waals surface area contributed by atoms with Gasteiger partial charge in [-0.15, -0.1) is 0 Å². The van der Waals surface area contributed by atoms with Crippen molar-refractivity contribution in [3.8, 4) is 16.9 Å². The Bertz CT molecular complexity index is 849. The van der Waals surface area contributed by atoms with Crippen molar-refractivity contribution in [3.05, 3.63) is 53.6 Å². The molecule has 0 radical (unpaired) electrons. The second-order valence-corrected chi connectivity index (χ2v) is 7.46. The molecular weight excluding hydrogens is 354 g/mol. The Kier molecular flexibility index (Phi) is 6.31. The van der Waals surface area contributed by atoms with Gasteiger partial charge in [0.15, 0.2) is 6.61 Å². The minimum Gasteiger partial charge on any atom is -0.483 e. The second-order valence-electron chi connectivity index (χ2n) is 7.46. The summed E-state index contributed by atoms with van der Waals surface area (Å²) >= 11 is 0. The zero-order chi connectivity index (χ0) is 20.1. The van der Waals surface area contributed by atoms with E-state index in [-0.39, 0.29) is 12.5 Å². The van der Waals surface area contributed by atoms with Gasteiger partial charge in [0.25, 0.3) is 11.8 Å². The molecular formula is C22H27N3O3. The Labute approximate surface area is 165 Å². The zero-order valence-corrected chi connectivity index (χ0v) is 16.4. The highest BCUT2D eigenvalue weighted by molar-refractivity contribution is 5.94. The maximum Gasteiger partial charge on any atom is 0.255 e. The van der Waals surface area contributed by atoms with Crippen LogP contribution in [0.4, 0.5) is 0 Å². The molecule has 0 bridgehead atoms. The van der Waals surface area contributed by atoms with Gasteiger partial charge in [0.05, 0.1) is 0 Å². The van der Waals surface area contributed by atoms with Gasteiger partial charge in [-0.3, -0.25) is 9.59 Å². The first-order valence-corrected chi connectivity index (χ1v) is 9.51.